The van der Waals surface area contributed by atoms with Gasteiger partial charge in [-0.3, -0.25) is 9.29 Å². The topological polar surface area (TPSA) is 143 Å². The van der Waals surface area contributed by atoms with Gasteiger partial charge in [0.15, 0.2) is 11.6 Å². The number of rotatable bonds is 10. The molecule has 4 rings (SSSR count). The summed E-state index contributed by atoms with van der Waals surface area (Å²) < 4.78 is 48.1. The molecule has 0 spiro atoms. The van der Waals surface area contributed by atoms with Gasteiger partial charge in [0.05, 0.1) is 24.3 Å². The fourth-order valence-electron chi connectivity index (χ4n) is 4.25. The van der Waals surface area contributed by atoms with Crippen LogP contribution in [0.1, 0.15) is 51.1 Å². The minimum atomic E-state index is -4.05. The number of ether oxygens (including phenoxy) is 3. The summed E-state index contributed by atoms with van der Waals surface area (Å²) in [5, 5.41) is 7.75. The van der Waals surface area contributed by atoms with E-state index >= 15 is 0 Å². The molecule has 3 unspecified atom stereocenters. The molecular weight excluding hydrogens is 522 g/mol. The average Bonchev–Trinajstić information content (AvgIpc) is 3.32. The van der Waals surface area contributed by atoms with Crippen molar-refractivity contribution < 1.29 is 22.6 Å². The molecule has 1 saturated heterocycles. The molecule has 1 fully saturated rings. The van der Waals surface area contributed by atoms with Gasteiger partial charge in [-0.1, -0.05) is 17.7 Å². The van der Waals surface area contributed by atoms with Crippen LogP contribution in [0.5, 0.6) is 5.88 Å². The molecule has 0 aromatic carbocycles. The van der Waals surface area contributed by atoms with Gasteiger partial charge in [-0.2, -0.15) is 0 Å². The second kappa shape index (κ2) is 11.7. The van der Waals surface area contributed by atoms with Crippen LogP contribution in [-0.2, 0) is 19.5 Å². The molecule has 37 heavy (non-hydrogen) atoms. The third kappa shape index (κ3) is 6.00. The van der Waals surface area contributed by atoms with Crippen LogP contribution in [0.2, 0.25) is 5.02 Å². The Labute approximate surface area is 220 Å². The molecule has 12 nitrogen and oxygen atoms in total. The first-order valence-electron chi connectivity index (χ1n) is 11.8. The highest BCUT2D eigenvalue weighted by atomic mass is 35.5. The summed E-state index contributed by atoms with van der Waals surface area (Å²) in [5.74, 6) is 1.02. The van der Waals surface area contributed by atoms with E-state index in [9.17, 15) is 8.42 Å². The highest BCUT2D eigenvalue weighted by Crippen LogP contribution is 2.32. The highest BCUT2D eigenvalue weighted by molar-refractivity contribution is 7.93. The Kier molecular flexibility index (Phi) is 8.57. The van der Waals surface area contributed by atoms with Crippen molar-refractivity contribution in [3.63, 3.8) is 0 Å². The summed E-state index contributed by atoms with van der Waals surface area (Å²) in [6.45, 7) is 4.09. The molecule has 3 aromatic rings. The molecule has 1 aliphatic heterocycles. The Balaban J connectivity index is 1.70. The molecule has 0 aliphatic carbocycles. The molecular formula is C23H30ClN7O5S. The molecule has 1 N–H and O–H groups in total. The van der Waals surface area contributed by atoms with Crippen molar-refractivity contribution in [1.29, 1.82) is 0 Å². The number of anilines is 1. The summed E-state index contributed by atoms with van der Waals surface area (Å²) in [6.07, 6.45) is 4.49. The zero-order valence-electron chi connectivity index (χ0n) is 21.0. The van der Waals surface area contributed by atoms with Crippen LogP contribution < -0.4 is 9.46 Å². The number of aromatic nitrogens is 6. The largest absolute Gasteiger partial charge is 0.481 e. The molecule has 1 aliphatic rings. The van der Waals surface area contributed by atoms with Crippen molar-refractivity contribution >= 4 is 27.6 Å². The Hall–Kier alpha value is -2.87. The van der Waals surface area contributed by atoms with E-state index in [-0.39, 0.29) is 23.9 Å². The van der Waals surface area contributed by atoms with Crippen molar-refractivity contribution in [3.8, 4) is 17.4 Å². The molecule has 0 radical (unpaired) electrons. The number of sulfonamides is 1. The minimum Gasteiger partial charge on any atom is -0.481 e. The Morgan fingerprint density at radius 1 is 1.16 bits per heavy atom. The number of nitrogens with zero attached hydrogens (tertiary/aromatic N) is 6. The lowest BCUT2D eigenvalue weighted by molar-refractivity contribution is -0.0116. The maximum Gasteiger partial charge on any atom is 0.240 e. The highest BCUT2D eigenvalue weighted by Gasteiger charge is 2.36. The van der Waals surface area contributed by atoms with Gasteiger partial charge in [0.2, 0.25) is 21.9 Å². The quantitative estimate of drug-likeness (QED) is 0.398. The zero-order valence-corrected chi connectivity index (χ0v) is 22.6. The molecule has 0 saturated carbocycles. The smallest absolute Gasteiger partial charge is 0.240 e. The SMILES string of the molecule is COc1cccc(-c2nnc(NS(=O)(=O)C(C)C(OC)c3ncc(Cl)cn3)n2C(C)[C@@H]2CCCCO2)n1. The fraction of sp³-hybridized carbons (Fsp3) is 0.522. The standard InChI is InChI=1S/C23H30ClN7O5S/c1-14(18-9-5-6-11-36-18)31-22(17-8-7-10-19(27-17)34-3)28-29-23(31)30-37(32,33)15(2)20(35-4)21-25-12-16(24)13-26-21/h7-8,10,12-15,18,20H,5-6,9,11H2,1-4H3,(H,29,30)/t14?,15?,18-,20?/m0/s1. The summed E-state index contributed by atoms with van der Waals surface area (Å²) in [5.41, 5.74) is 0.484. The minimum absolute atomic E-state index is 0.0417. The van der Waals surface area contributed by atoms with Gasteiger partial charge in [-0.25, -0.2) is 23.4 Å². The van der Waals surface area contributed by atoms with Crippen molar-refractivity contribution in [2.75, 3.05) is 25.5 Å². The van der Waals surface area contributed by atoms with Crippen LogP contribution in [0.15, 0.2) is 30.6 Å². The molecule has 0 amide bonds. The van der Waals surface area contributed by atoms with Gasteiger partial charge in [0, 0.05) is 32.2 Å². The van der Waals surface area contributed by atoms with E-state index in [2.05, 4.69) is 29.9 Å². The third-order valence-corrected chi connectivity index (χ3v) is 8.20. The molecule has 4 heterocycles. The number of pyridine rings is 1. The Bertz CT molecular complexity index is 1300. The van der Waals surface area contributed by atoms with E-state index < -0.39 is 21.4 Å². The second-order valence-electron chi connectivity index (χ2n) is 8.70. The van der Waals surface area contributed by atoms with E-state index in [0.717, 1.165) is 19.3 Å². The monoisotopic (exact) mass is 551 g/mol. The predicted molar refractivity (Wildman–Crippen MR) is 137 cm³/mol. The van der Waals surface area contributed by atoms with Gasteiger partial charge >= 0.3 is 0 Å². The molecule has 3 aromatic heterocycles. The van der Waals surface area contributed by atoms with E-state index in [4.69, 9.17) is 25.8 Å². The lowest BCUT2D eigenvalue weighted by atomic mass is 10.0. The van der Waals surface area contributed by atoms with E-state index in [0.29, 0.717) is 29.0 Å². The number of nitrogens with one attached hydrogen (secondary N) is 1. The first kappa shape index (κ1) is 27.2. The second-order valence-corrected chi connectivity index (χ2v) is 11.2. The number of methoxy groups -OCH3 is 2. The lowest BCUT2D eigenvalue weighted by Crippen LogP contribution is -2.35. The van der Waals surface area contributed by atoms with Gasteiger partial charge in [-0.15, -0.1) is 10.2 Å². The normalized spacial score (nSPS) is 18.7. The first-order valence-corrected chi connectivity index (χ1v) is 13.8. The Morgan fingerprint density at radius 3 is 2.57 bits per heavy atom. The van der Waals surface area contributed by atoms with Gasteiger partial charge in [0.25, 0.3) is 0 Å². The maximum absolute atomic E-state index is 13.5. The number of halogens is 1. The predicted octanol–water partition coefficient (Wildman–Crippen LogP) is 3.44. The van der Waals surface area contributed by atoms with Crippen LogP contribution in [0, 0.1) is 0 Å². The number of hydrogen-bond acceptors (Lipinski definition) is 10. The van der Waals surface area contributed by atoms with Crippen LogP contribution in [0.3, 0.4) is 0 Å². The molecule has 200 valence electrons. The summed E-state index contributed by atoms with van der Waals surface area (Å²) in [7, 11) is -1.13. The third-order valence-electron chi connectivity index (χ3n) is 6.32. The van der Waals surface area contributed by atoms with Crippen molar-refractivity contribution in [2.45, 2.75) is 56.6 Å². The molecule has 4 atom stereocenters. The Morgan fingerprint density at radius 2 is 1.92 bits per heavy atom. The molecule has 14 heteroatoms. The van der Waals surface area contributed by atoms with Crippen molar-refractivity contribution in [1.82, 2.24) is 29.7 Å². The number of hydrogen-bond donors (Lipinski definition) is 1. The van der Waals surface area contributed by atoms with Crippen molar-refractivity contribution in [2.24, 2.45) is 0 Å². The van der Waals surface area contributed by atoms with Crippen LogP contribution in [0.4, 0.5) is 5.95 Å². The zero-order chi connectivity index (χ0) is 26.6. The van der Waals surface area contributed by atoms with Crippen LogP contribution >= 0.6 is 11.6 Å². The van der Waals surface area contributed by atoms with Gasteiger partial charge in [-0.05, 0) is 39.2 Å². The average molecular weight is 552 g/mol. The lowest BCUT2D eigenvalue weighted by Gasteiger charge is -2.30. The van der Waals surface area contributed by atoms with E-state index in [1.807, 2.05) is 6.92 Å². The van der Waals surface area contributed by atoms with E-state index in [1.54, 1.807) is 22.8 Å². The first-order chi connectivity index (χ1) is 17.7. The van der Waals surface area contributed by atoms with Gasteiger partial charge in [0.1, 0.15) is 17.0 Å². The fourth-order valence-corrected chi connectivity index (χ4v) is 5.48. The summed E-state index contributed by atoms with van der Waals surface area (Å²) in [4.78, 5) is 12.7. The van der Waals surface area contributed by atoms with Gasteiger partial charge < -0.3 is 14.2 Å². The van der Waals surface area contributed by atoms with E-state index in [1.165, 1.54) is 33.5 Å². The molecule has 0 bridgehead atoms. The van der Waals surface area contributed by atoms with Crippen LogP contribution in [-0.4, -0.2) is 70.3 Å². The summed E-state index contributed by atoms with van der Waals surface area (Å²) >= 11 is 5.88. The van der Waals surface area contributed by atoms with Crippen molar-refractivity contribution in [3.05, 3.63) is 41.4 Å². The van der Waals surface area contributed by atoms with Crippen LogP contribution in [0.25, 0.3) is 11.5 Å². The maximum atomic E-state index is 13.5. The summed E-state index contributed by atoms with van der Waals surface area (Å²) in [6, 6.07) is 4.97.